The van der Waals surface area contributed by atoms with E-state index >= 15 is 0 Å². The molecule has 0 aliphatic rings. The van der Waals surface area contributed by atoms with Crippen molar-refractivity contribution in [2.24, 2.45) is 0 Å². The van der Waals surface area contributed by atoms with Crippen LogP contribution in [0.3, 0.4) is 0 Å². The summed E-state index contributed by atoms with van der Waals surface area (Å²) in [6.45, 7) is 2.43. The normalized spacial score (nSPS) is 11.9. The number of hydrogen-bond donors (Lipinski definition) is 3. The highest BCUT2D eigenvalue weighted by molar-refractivity contribution is 7.80. The van der Waals surface area contributed by atoms with E-state index in [0.717, 1.165) is 5.39 Å². The number of nitrogens with zero attached hydrogens (tertiary/aromatic N) is 1. The summed E-state index contributed by atoms with van der Waals surface area (Å²) in [6, 6.07) is 7.43. The molecule has 1 amide bonds. The zero-order valence-corrected chi connectivity index (χ0v) is 13.2. The molecule has 0 saturated heterocycles. The highest BCUT2D eigenvalue weighted by Crippen LogP contribution is 2.17. The van der Waals surface area contributed by atoms with Gasteiger partial charge in [0.15, 0.2) is 10.7 Å². The Bertz CT molecular complexity index is 658. The van der Waals surface area contributed by atoms with Gasteiger partial charge in [-0.3, -0.25) is 15.6 Å². The van der Waals surface area contributed by atoms with Crippen molar-refractivity contribution in [1.82, 2.24) is 21.3 Å². The molecule has 1 aromatic heterocycles. The second kappa shape index (κ2) is 7.71. The number of hydrogen-bond acceptors (Lipinski definition) is 5. The fourth-order valence-electron chi connectivity index (χ4n) is 1.94. The van der Waals surface area contributed by atoms with Gasteiger partial charge >= 0.3 is 0 Å². The van der Waals surface area contributed by atoms with Gasteiger partial charge in [0.25, 0.3) is 0 Å². The number of fused-ring (bicyclic) bond motifs is 1. The summed E-state index contributed by atoms with van der Waals surface area (Å²) in [5.74, 6) is -0.261. The Kier molecular flexibility index (Phi) is 5.68. The van der Waals surface area contributed by atoms with Crippen LogP contribution in [-0.2, 0) is 16.0 Å². The molecule has 2 rings (SSSR count). The Balaban J connectivity index is 1.82. The number of nitrogens with one attached hydrogen (secondary N) is 3. The van der Waals surface area contributed by atoms with Gasteiger partial charge in [0.05, 0.1) is 13.0 Å². The fourth-order valence-corrected chi connectivity index (χ4v) is 2.19. The summed E-state index contributed by atoms with van der Waals surface area (Å²) in [5.41, 5.74) is 6.40. The lowest BCUT2D eigenvalue weighted by Gasteiger charge is -2.16. The molecule has 0 saturated carbocycles. The lowest BCUT2D eigenvalue weighted by molar-refractivity contribution is -0.121. The standard InChI is InChI=1S/C14H18N4O3S/c1-9(8-20-2)15-14(22)17-16-13(19)7-11-10-5-3-4-6-12(10)21-18-11/h3-6,9H,7-8H2,1-2H3,(H,16,19)(H2,15,17,22)/t9-/m1/s1. The van der Waals surface area contributed by atoms with E-state index in [9.17, 15) is 4.79 Å². The minimum Gasteiger partial charge on any atom is -0.383 e. The number of para-hydroxylation sites is 1. The Labute approximate surface area is 133 Å². The van der Waals surface area contributed by atoms with E-state index < -0.39 is 0 Å². The number of carbonyl (C=O) groups excluding carboxylic acids is 1. The SMILES string of the molecule is COC[C@@H](C)NC(=S)NNC(=O)Cc1noc2ccccc12. The van der Waals surface area contributed by atoms with Gasteiger partial charge in [-0.1, -0.05) is 17.3 Å². The first kappa shape index (κ1) is 16.2. The molecule has 1 atom stereocenters. The molecule has 7 nitrogen and oxygen atoms in total. The van der Waals surface area contributed by atoms with Crippen molar-refractivity contribution in [3.63, 3.8) is 0 Å². The molecule has 118 valence electrons. The van der Waals surface area contributed by atoms with Crippen LogP contribution in [0.5, 0.6) is 0 Å². The first-order valence-corrected chi connectivity index (χ1v) is 7.18. The summed E-state index contributed by atoms with van der Waals surface area (Å²) < 4.78 is 10.1. The molecule has 0 spiro atoms. The van der Waals surface area contributed by atoms with Crippen LogP contribution in [0.2, 0.25) is 0 Å². The van der Waals surface area contributed by atoms with E-state index in [0.29, 0.717) is 23.0 Å². The fraction of sp³-hybridized carbons (Fsp3) is 0.357. The van der Waals surface area contributed by atoms with Gasteiger partial charge in [-0.2, -0.15) is 0 Å². The zero-order valence-electron chi connectivity index (χ0n) is 12.4. The van der Waals surface area contributed by atoms with Gasteiger partial charge in [-0.25, -0.2) is 0 Å². The molecule has 2 aromatic rings. The second-order valence-electron chi connectivity index (χ2n) is 4.81. The maximum atomic E-state index is 11.9. The monoisotopic (exact) mass is 322 g/mol. The molecule has 0 radical (unpaired) electrons. The van der Waals surface area contributed by atoms with E-state index in [1.807, 2.05) is 25.1 Å². The predicted molar refractivity (Wildman–Crippen MR) is 86.1 cm³/mol. The maximum Gasteiger partial charge on any atom is 0.244 e. The number of aromatic nitrogens is 1. The van der Waals surface area contributed by atoms with E-state index in [-0.39, 0.29) is 18.4 Å². The summed E-state index contributed by atoms with van der Waals surface area (Å²) in [7, 11) is 1.61. The van der Waals surface area contributed by atoms with Gasteiger partial charge in [-0.05, 0) is 31.3 Å². The second-order valence-corrected chi connectivity index (χ2v) is 5.21. The number of methoxy groups -OCH3 is 1. The largest absolute Gasteiger partial charge is 0.383 e. The number of benzene rings is 1. The summed E-state index contributed by atoms with van der Waals surface area (Å²) in [5, 5.41) is 8.03. The van der Waals surface area contributed by atoms with Crippen molar-refractivity contribution >= 4 is 34.2 Å². The van der Waals surface area contributed by atoms with Crippen LogP contribution in [-0.4, -0.2) is 35.9 Å². The van der Waals surface area contributed by atoms with Gasteiger partial charge in [0, 0.05) is 18.5 Å². The third kappa shape index (κ3) is 4.40. The summed E-state index contributed by atoms with van der Waals surface area (Å²) >= 11 is 5.06. The molecule has 0 unspecified atom stereocenters. The Morgan fingerprint density at radius 2 is 2.18 bits per heavy atom. The van der Waals surface area contributed by atoms with Crippen LogP contribution in [0.15, 0.2) is 28.8 Å². The molecule has 0 fully saturated rings. The molecular weight excluding hydrogens is 304 g/mol. The number of thiocarbonyl (C=S) groups is 1. The highest BCUT2D eigenvalue weighted by atomic mass is 32.1. The zero-order chi connectivity index (χ0) is 15.9. The first-order valence-electron chi connectivity index (χ1n) is 6.77. The summed E-state index contributed by atoms with van der Waals surface area (Å²) in [4.78, 5) is 11.9. The molecule has 3 N–H and O–H groups in total. The molecule has 22 heavy (non-hydrogen) atoms. The topological polar surface area (TPSA) is 88.4 Å². The van der Waals surface area contributed by atoms with Crippen LogP contribution < -0.4 is 16.2 Å². The van der Waals surface area contributed by atoms with E-state index in [2.05, 4.69) is 21.3 Å². The Hall–Kier alpha value is -2.19. The lowest BCUT2D eigenvalue weighted by Crippen LogP contribution is -2.50. The Morgan fingerprint density at radius 3 is 2.95 bits per heavy atom. The molecule has 0 aliphatic heterocycles. The van der Waals surface area contributed by atoms with Gasteiger partial charge < -0.3 is 14.6 Å². The number of hydrazine groups is 1. The van der Waals surface area contributed by atoms with Gasteiger partial charge in [0.2, 0.25) is 5.91 Å². The highest BCUT2D eigenvalue weighted by Gasteiger charge is 2.12. The van der Waals surface area contributed by atoms with Crippen LogP contribution in [0.4, 0.5) is 0 Å². The van der Waals surface area contributed by atoms with Crippen molar-refractivity contribution in [1.29, 1.82) is 0 Å². The predicted octanol–water partition coefficient (Wildman–Crippen LogP) is 0.901. The van der Waals surface area contributed by atoms with Crippen LogP contribution in [0.1, 0.15) is 12.6 Å². The first-order chi connectivity index (χ1) is 10.6. The molecule has 0 bridgehead atoms. The quantitative estimate of drug-likeness (QED) is 0.557. The average molecular weight is 322 g/mol. The molecular formula is C14H18N4O3S. The number of amides is 1. The molecule has 0 aliphatic carbocycles. The van der Waals surface area contributed by atoms with E-state index in [1.54, 1.807) is 13.2 Å². The average Bonchev–Trinajstić information content (AvgIpc) is 2.89. The molecule has 8 heteroatoms. The lowest BCUT2D eigenvalue weighted by atomic mass is 10.2. The maximum absolute atomic E-state index is 11.9. The van der Waals surface area contributed by atoms with Crippen molar-refractivity contribution < 1.29 is 14.1 Å². The van der Waals surface area contributed by atoms with Crippen LogP contribution >= 0.6 is 12.2 Å². The van der Waals surface area contributed by atoms with Crippen molar-refractivity contribution in [2.45, 2.75) is 19.4 Å². The minimum absolute atomic E-state index is 0.0430. The molecule has 1 heterocycles. The van der Waals surface area contributed by atoms with Gasteiger partial charge in [-0.15, -0.1) is 0 Å². The van der Waals surface area contributed by atoms with Crippen molar-refractivity contribution in [3.05, 3.63) is 30.0 Å². The van der Waals surface area contributed by atoms with E-state index in [1.165, 1.54) is 0 Å². The third-order valence-corrected chi connectivity index (χ3v) is 3.11. The van der Waals surface area contributed by atoms with E-state index in [4.69, 9.17) is 21.5 Å². The number of rotatable bonds is 5. The number of carbonyl (C=O) groups is 1. The van der Waals surface area contributed by atoms with Crippen molar-refractivity contribution in [2.75, 3.05) is 13.7 Å². The number of ether oxygens (including phenoxy) is 1. The Morgan fingerprint density at radius 1 is 1.41 bits per heavy atom. The third-order valence-electron chi connectivity index (χ3n) is 2.89. The van der Waals surface area contributed by atoms with Gasteiger partial charge in [0.1, 0.15) is 5.69 Å². The smallest absolute Gasteiger partial charge is 0.244 e. The minimum atomic E-state index is -0.261. The molecule has 1 aromatic carbocycles. The van der Waals surface area contributed by atoms with Crippen LogP contribution in [0, 0.1) is 0 Å². The van der Waals surface area contributed by atoms with Crippen molar-refractivity contribution in [3.8, 4) is 0 Å². The van der Waals surface area contributed by atoms with Crippen LogP contribution in [0.25, 0.3) is 11.0 Å². The summed E-state index contributed by atoms with van der Waals surface area (Å²) in [6.07, 6.45) is 0.0975.